The van der Waals surface area contributed by atoms with E-state index in [1.807, 2.05) is 0 Å². The first-order chi connectivity index (χ1) is 4.22. The molecule has 0 aromatic carbocycles. The predicted octanol–water partition coefficient (Wildman–Crippen LogP) is 4.06. The number of halogens is 3. The summed E-state index contributed by atoms with van der Waals surface area (Å²) in [6.45, 7) is 0. The molecular formula is C6H5Br3. The molecule has 0 saturated heterocycles. The fraction of sp³-hybridized carbons (Fsp3) is 0.333. The van der Waals surface area contributed by atoms with E-state index in [1.165, 1.54) is 4.48 Å². The van der Waals surface area contributed by atoms with Gasteiger partial charge in [0.15, 0.2) is 0 Å². The Hall–Kier alpha value is 0.920. The summed E-state index contributed by atoms with van der Waals surface area (Å²) in [4.78, 5) is 0. The second-order valence-electron chi connectivity index (χ2n) is 1.81. The lowest BCUT2D eigenvalue weighted by Gasteiger charge is -2.07. The van der Waals surface area contributed by atoms with Crippen molar-refractivity contribution < 1.29 is 0 Å². The van der Waals surface area contributed by atoms with Crippen LogP contribution in [0.1, 0.15) is 12.8 Å². The summed E-state index contributed by atoms with van der Waals surface area (Å²) in [6.07, 6.45) is 4.39. The summed E-state index contributed by atoms with van der Waals surface area (Å²) in [5.74, 6) is 0. The first kappa shape index (κ1) is 8.02. The van der Waals surface area contributed by atoms with Crippen LogP contribution in [0, 0.1) is 0 Å². The third kappa shape index (κ3) is 1.92. The molecule has 0 N–H and O–H groups in total. The van der Waals surface area contributed by atoms with Crippen molar-refractivity contribution in [3.63, 3.8) is 0 Å². The lowest BCUT2D eigenvalue weighted by Crippen LogP contribution is -1.85. The van der Waals surface area contributed by atoms with Crippen LogP contribution in [0.3, 0.4) is 0 Å². The van der Waals surface area contributed by atoms with E-state index in [0.717, 1.165) is 21.8 Å². The van der Waals surface area contributed by atoms with Crippen LogP contribution in [0.15, 0.2) is 19.5 Å². The molecule has 0 aliphatic heterocycles. The van der Waals surface area contributed by atoms with Crippen LogP contribution in [0.5, 0.6) is 0 Å². The van der Waals surface area contributed by atoms with Crippen molar-refractivity contribution in [2.24, 2.45) is 0 Å². The van der Waals surface area contributed by atoms with Gasteiger partial charge in [-0.25, -0.2) is 0 Å². The highest BCUT2D eigenvalue weighted by Crippen LogP contribution is 2.35. The molecule has 0 saturated carbocycles. The quantitative estimate of drug-likeness (QED) is 0.632. The third-order valence-corrected chi connectivity index (χ3v) is 4.62. The number of hydrogen-bond donors (Lipinski definition) is 0. The van der Waals surface area contributed by atoms with Gasteiger partial charge in [-0.2, -0.15) is 0 Å². The molecule has 1 rings (SSSR count). The van der Waals surface area contributed by atoms with Crippen molar-refractivity contribution in [2.75, 3.05) is 0 Å². The minimum absolute atomic E-state index is 1.11. The zero-order valence-electron chi connectivity index (χ0n) is 4.63. The highest BCUT2D eigenvalue weighted by atomic mass is 79.9. The van der Waals surface area contributed by atoms with Gasteiger partial charge in [-0.3, -0.25) is 0 Å². The lowest BCUT2D eigenvalue weighted by molar-refractivity contribution is 1.02. The number of hydrogen-bond acceptors (Lipinski definition) is 0. The van der Waals surface area contributed by atoms with Gasteiger partial charge in [-0.15, -0.1) is 0 Å². The van der Waals surface area contributed by atoms with Gasteiger partial charge >= 0.3 is 0 Å². The molecule has 1 aliphatic rings. The summed E-state index contributed by atoms with van der Waals surface area (Å²) in [6, 6.07) is 0. The van der Waals surface area contributed by atoms with E-state index >= 15 is 0 Å². The Morgan fingerprint density at radius 3 is 2.33 bits per heavy atom. The van der Waals surface area contributed by atoms with Crippen LogP contribution in [-0.4, -0.2) is 0 Å². The zero-order chi connectivity index (χ0) is 6.85. The number of allylic oxidation sites excluding steroid dienone is 4. The normalized spacial score (nSPS) is 20.1. The van der Waals surface area contributed by atoms with E-state index in [-0.39, 0.29) is 0 Å². The molecule has 0 radical (unpaired) electrons. The monoisotopic (exact) mass is 314 g/mol. The molecule has 0 heterocycles. The Morgan fingerprint density at radius 2 is 1.89 bits per heavy atom. The summed E-state index contributed by atoms with van der Waals surface area (Å²) in [5.41, 5.74) is 0. The summed E-state index contributed by atoms with van der Waals surface area (Å²) >= 11 is 10.3. The van der Waals surface area contributed by atoms with Gasteiger partial charge in [-0.1, -0.05) is 22.0 Å². The Bertz CT molecular complexity index is 179. The standard InChI is InChI=1S/C6H5Br3/c7-4-2-1-3-5(8)6(4)9/h2H,1,3H2. The van der Waals surface area contributed by atoms with Gasteiger partial charge in [0, 0.05) is 13.4 Å². The summed E-state index contributed by atoms with van der Waals surface area (Å²) in [7, 11) is 0. The Kier molecular flexibility index (Phi) is 2.99. The summed E-state index contributed by atoms with van der Waals surface area (Å²) in [5, 5.41) is 0. The smallest absolute Gasteiger partial charge is 0.0415 e. The van der Waals surface area contributed by atoms with Crippen molar-refractivity contribution >= 4 is 47.8 Å². The SMILES string of the molecule is BrC1=CCCC(Br)=C1Br. The van der Waals surface area contributed by atoms with Crippen molar-refractivity contribution in [1.29, 1.82) is 0 Å². The molecule has 0 aromatic heterocycles. The largest absolute Gasteiger partial charge is 0.0687 e. The average molecular weight is 317 g/mol. The van der Waals surface area contributed by atoms with Crippen molar-refractivity contribution in [1.82, 2.24) is 0 Å². The average Bonchev–Trinajstić information content (AvgIpc) is 1.83. The molecule has 0 fully saturated rings. The molecule has 0 unspecified atom stereocenters. The molecule has 0 atom stereocenters. The molecule has 0 amide bonds. The molecule has 0 bridgehead atoms. The van der Waals surface area contributed by atoms with Crippen LogP contribution < -0.4 is 0 Å². The second-order valence-corrected chi connectivity index (χ2v) is 4.41. The fourth-order valence-corrected chi connectivity index (χ4v) is 2.19. The van der Waals surface area contributed by atoms with Crippen molar-refractivity contribution in [2.45, 2.75) is 12.8 Å². The van der Waals surface area contributed by atoms with Crippen LogP contribution >= 0.6 is 47.8 Å². The van der Waals surface area contributed by atoms with E-state index in [0.29, 0.717) is 0 Å². The molecule has 0 spiro atoms. The second kappa shape index (κ2) is 3.35. The van der Waals surface area contributed by atoms with E-state index in [2.05, 4.69) is 53.9 Å². The maximum absolute atomic E-state index is 3.46. The van der Waals surface area contributed by atoms with Gasteiger partial charge in [0.05, 0.1) is 0 Å². The van der Waals surface area contributed by atoms with Gasteiger partial charge in [0.2, 0.25) is 0 Å². The topological polar surface area (TPSA) is 0 Å². The van der Waals surface area contributed by atoms with E-state index < -0.39 is 0 Å². The van der Waals surface area contributed by atoms with Crippen molar-refractivity contribution in [3.8, 4) is 0 Å². The highest BCUT2D eigenvalue weighted by Gasteiger charge is 2.07. The molecule has 0 nitrogen and oxygen atoms in total. The maximum Gasteiger partial charge on any atom is 0.0415 e. The molecule has 3 heteroatoms. The fourth-order valence-electron chi connectivity index (χ4n) is 0.655. The van der Waals surface area contributed by atoms with Gasteiger partial charge in [-0.05, 0) is 44.7 Å². The van der Waals surface area contributed by atoms with Gasteiger partial charge < -0.3 is 0 Å². The maximum atomic E-state index is 3.46. The first-order valence-corrected chi connectivity index (χ1v) is 5.00. The van der Waals surface area contributed by atoms with E-state index in [9.17, 15) is 0 Å². The molecular weight excluding hydrogens is 312 g/mol. The van der Waals surface area contributed by atoms with E-state index in [4.69, 9.17) is 0 Å². The minimum atomic E-state index is 1.11. The number of rotatable bonds is 0. The lowest BCUT2D eigenvalue weighted by atomic mass is 10.2. The predicted molar refractivity (Wildman–Crippen MR) is 51.1 cm³/mol. The van der Waals surface area contributed by atoms with Crippen LogP contribution in [0.25, 0.3) is 0 Å². The zero-order valence-corrected chi connectivity index (χ0v) is 9.38. The Morgan fingerprint density at radius 1 is 1.22 bits per heavy atom. The Balaban J connectivity index is 2.88. The molecule has 9 heavy (non-hydrogen) atoms. The Labute approximate surface area is 79.8 Å². The highest BCUT2D eigenvalue weighted by molar-refractivity contribution is 9.16. The molecule has 0 aromatic rings. The van der Waals surface area contributed by atoms with E-state index in [1.54, 1.807) is 0 Å². The van der Waals surface area contributed by atoms with Gasteiger partial charge in [0.25, 0.3) is 0 Å². The van der Waals surface area contributed by atoms with Gasteiger partial charge in [0.1, 0.15) is 0 Å². The minimum Gasteiger partial charge on any atom is -0.0687 e. The van der Waals surface area contributed by atoms with Crippen LogP contribution in [0.2, 0.25) is 0 Å². The van der Waals surface area contributed by atoms with Crippen LogP contribution in [0.4, 0.5) is 0 Å². The third-order valence-electron chi connectivity index (χ3n) is 1.14. The molecule has 1 aliphatic carbocycles. The molecule has 50 valence electrons. The van der Waals surface area contributed by atoms with Crippen molar-refractivity contribution in [3.05, 3.63) is 19.5 Å². The first-order valence-electron chi connectivity index (χ1n) is 2.62. The van der Waals surface area contributed by atoms with Crippen LogP contribution in [-0.2, 0) is 0 Å². The summed E-state index contributed by atoms with van der Waals surface area (Å²) < 4.78 is 3.55.